The van der Waals surface area contributed by atoms with Gasteiger partial charge in [-0.05, 0) is 52.3 Å². The molecule has 0 saturated carbocycles. The van der Waals surface area contributed by atoms with Gasteiger partial charge in [-0.3, -0.25) is 9.69 Å². The molecule has 0 spiro atoms. The number of carboxylic acids is 1. The zero-order valence-corrected chi connectivity index (χ0v) is 21.9. The predicted octanol–water partition coefficient (Wildman–Crippen LogP) is 6.63. The number of aromatic nitrogens is 2. The van der Waals surface area contributed by atoms with Gasteiger partial charge in [0.1, 0.15) is 10.8 Å². The highest BCUT2D eigenvalue weighted by Crippen LogP contribution is 2.31. The van der Waals surface area contributed by atoms with Gasteiger partial charge in [0, 0.05) is 29.8 Å². The number of amides is 1. The van der Waals surface area contributed by atoms with Crippen molar-refractivity contribution < 1.29 is 19.4 Å². The number of fused-ring (bicyclic) bond motifs is 1. The molecule has 0 unspecified atom stereocenters. The van der Waals surface area contributed by atoms with Crippen LogP contribution in [0.15, 0.2) is 67.0 Å². The van der Waals surface area contributed by atoms with E-state index in [0.29, 0.717) is 40.5 Å². The van der Waals surface area contributed by atoms with E-state index in [2.05, 4.69) is 9.97 Å². The number of halogens is 1. The lowest BCUT2D eigenvalue weighted by molar-refractivity contribution is -0.120. The smallest absolute Gasteiger partial charge is 0.335 e. The summed E-state index contributed by atoms with van der Waals surface area (Å²) in [6, 6.07) is 16.2. The molecule has 7 nitrogen and oxygen atoms in total. The van der Waals surface area contributed by atoms with Crippen molar-refractivity contribution in [2.24, 2.45) is 5.41 Å². The molecule has 190 valence electrons. The van der Waals surface area contributed by atoms with Gasteiger partial charge in [0.2, 0.25) is 11.8 Å². The van der Waals surface area contributed by atoms with Gasteiger partial charge < -0.3 is 9.84 Å². The fourth-order valence-corrected chi connectivity index (χ4v) is 4.30. The van der Waals surface area contributed by atoms with Gasteiger partial charge in [0.25, 0.3) is 0 Å². The molecule has 1 N–H and O–H groups in total. The second-order valence-corrected chi connectivity index (χ2v) is 10.4. The number of pyridine rings is 2. The second-order valence-electron chi connectivity index (χ2n) is 10.0. The van der Waals surface area contributed by atoms with E-state index < -0.39 is 5.97 Å². The van der Waals surface area contributed by atoms with Gasteiger partial charge in [-0.25, -0.2) is 14.8 Å². The number of hydrogen-bond acceptors (Lipinski definition) is 5. The highest BCUT2D eigenvalue weighted by atomic mass is 35.5. The molecule has 0 aliphatic rings. The van der Waals surface area contributed by atoms with Crippen molar-refractivity contribution in [3.63, 3.8) is 0 Å². The summed E-state index contributed by atoms with van der Waals surface area (Å²) in [5, 5.41) is 11.2. The number of nitrogens with zero attached hydrogens (tertiary/aromatic N) is 3. The van der Waals surface area contributed by atoms with Crippen molar-refractivity contribution in [1.82, 2.24) is 9.97 Å². The fraction of sp³-hybridized carbons (Fsp3) is 0.241. The lowest BCUT2D eigenvalue weighted by Crippen LogP contribution is -2.34. The van der Waals surface area contributed by atoms with Crippen LogP contribution < -0.4 is 9.64 Å². The van der Waals surface area contributed by atoms with E-state index >= 15 is 0 Å². The molecule has 37 heavy (non-hydrogen) atoms. The molecule has 2 heterocycles. The zero-order chi connectivity index (χ0) is 26.7. The van der Waals surface area contributed by atoms with E-state index in [1.54, 1.807) is 41.6 Å². The number of aromatic carboxylic acids is 1. The molecule has 0 atom stereocenters. The first-order valence-corrected chi connectivity index (χ1v) is 12.1. The van der Waals surface area contributed by atoms with E-state index in [4.69, 9.17) is 16.3 Å². The first kappa shape index (κ1) is 26.1. The summed E-state index contributed by atoms with van der Waals surface area (Å²) in [7, 11) is 1.52. The van der Waals surface area contributed by atoms with Gasteiger partial charge >= 0.3 is 5.97 Å². The number of carbonyl (C=O) groups is 2. The van der Waals surface area contributed by atoms with Gasteiger partial charge in [-0.2, -0.15) is 0 Å². The average molecular weight is 518 g/mol. The average Bonchev–Trinajstić information content (AvgIpc) is 2.86. The maximum atomic E-state index is 13.5. The number of ether oxygens (including phenoxy) is 1. The number of benzene rings is 2. The Balaban J connectivity index is 1.70. The molecule has 0 fully saturated rings. The number of carboxylic acid groups (broad SMARTS) is 1. The zero-order valence-electron chi connectivity index (χ0n) is 21.2. The number of carbonyl (C=O) groups excluding carboxylic acids is 1. The van der Waals surface area contributed by atoms with Crippen molar-refractivity contribution in [3.05, 3.63) is 83.1 Å². The third kappa shape index (κ3) is 6.06. The Bertz CT molecular complexity index is 1460. The highest BCUT2D eigenvalue weighted by molar-refractivity contribution is 6.32. The Morgan fingerprint density at radius 2 is 1.73 bits per heavy atom. The molecule has 2 aromatic carbocycles. The van der Waals surface area contributed by atoms with Crippen LogP contribution in [0, 0.1) is 5.41 Å². The third-order valence-electron chi connectivity index (χ3n) is 5.86. The summed E-state index contributed by atoms with van der Waals surface area (Å²) in [5.41, 5.74) is 2.65. The highest BCUT2D eigenvalue weighted by Gasteiger charge is 2.25. The predicted molar refractivity (Wildman–Crippen MR) is 145 cm³/mol. The minimum Gasteiger partial charge on any atom is -0.480 e. The third-order valence-corrected chi connectivity index (χ3v) is 6.13. The van der Waals surface area contributed by atoms with E-state index in [1.165, 1.54) is 13.2 Å². The maximum Gasteiger partial charge on any atom is 0.335 e. The first-order valence-electron chi connectivity index (χ1n) is 11.8. The lowest BCUT2D eigenvalue weighted by atomic mass is 9.91. The quantitative estimate of drug-likeness (QED) is 0.296. The van der Waals surface area contributed by atoms with E-state index in [1.807, 2.05) is 45.0 Å². The van der Waals surface area contributed by atoms with Crippen LogP contribution >= 0.6 is 11.6 Å². The van der Waals surface area contributed by atoms with Gasteiger partial charge in [0.05, 0.1) is 19.2 Å². The largest absolute Gasteiger partial charge is 0.480 e. The Morgan fingerprint density at radius 3 is 2.35 bits per heavy atom. The standard InChI is InChI=1S/C29H28ClN3O4/c1-29(2,3)15-25(34)33(26-23-10-9-21(28(35)36)13-20(23)11-12-31-26)17-18-5-7-19(8-6-18)22-14-24(30)27(37-4)32-16-22/h5-14,16H,15,17H2,1-4H3,(H,35,36). The normalized spacial score (nSPS) is 11.4. The number of anilines is 1. The van der Waals surface area contributed by atoms with Gasteiger partial charge in [-0.15, -0.1) is 0 Å². The molecule has 0 bridgehead atoms. The van der Waals surface area contributed by atoms with Crippen LogP contribution in [0.25, 0.3) is 21.9 Å². The number of hydrogen-bond donors (Lipinski definition) is 1. The molecule has 0 radical (unpaired) electrons. The van der Waals surface area contributed by atoms with Gasteiger partial charge in [0.15, 0.2) is 0 Å². The molecule has 8 heteroatoms. The van der Waals surface area contributed by atoms with Crippen LogP contribution in [0.5, 0.6) is 5.88 Å². The number of rotatable bonds is 7. The number of methoxy groups -OCH3 is 1. The van der Waals surface area contributed by atoms with Crippen LogP contribution in [0.4, 0.5) is 5.82 Å². The second kappa shape index (κ2) is 10.6. The van der Waals surface area contributed by atoms with E-state index in [9.17, 15) is 14.7 Å². The molecule has 2 aromatic heterocycles. The Labute approximate surface area is 220 Å². The molecule has 1 amide bonds. The SMILES string of the molecule is COc1ncc(-c2ccc(CN(C(=O)CC(C)(C)C)c3nccc4cc(C(=O)O)ccc34)cc2)cc1Cl. The maximum absolute atomic E-state index is 13.5. The van der Waals surface area contributed by atoms with E-state index in [0.717, 1.165) is 16.7 Å². The summed E-state index contributed by atoms with van der Waals surface area (Å²) in [6.45, 7) is 6.36. The van der Waals surface area contributed by atoms with Crippen molar-refractivity contribution in [3.8, 4) is 17.0 Å². The van der Waals surface area contributed by atoms with Crippen molar-refractivity contribution in [2.45, 2.75) is 33.7 Å². The Morgan fingerprint density at radius 1 is 1.00 bits per heavy atom. The molecule has 0 saturated heterocycles. The summed E-state index contributed by atoms with van der Waals surface area (Å²) in [4.78, 5) is 35.4. The molecular formula is C29H28ClN3O4. The Kier molecular flexibility index (Phi) is 7.45. The molecule has 0 aliphatic heterocycles. The van der Waals surface area contributed by atoms with E-state index in [-0.39, 0.29) is 16.9 Å². The van der Waals surface area contributed by atoms with Crippen LogP contribution in [-0.2, 0) is 11.3 Å². The summed E-state index contributed by atoms with van der Waals surface area (Å²) in [6.07, 6.45) is 3.63. The topological polar surface area (TPSA) is 92.6 Å². The summed E-state index contributed by atoms with van der Waals surface area (Å²) < 4.78 is 5.13. The van der Waals surface area contributed by atoms with Crippen LogP contribution in [-0.4, -0.2) is 34.1 Å². The van der Waals surface area contributed by atoms with Crippen LogP contribution in [0.2, 0.25) is 5.02 Å². The molecular weight excluding hydrogens is 490 g/mol. The van der Waals surface area contributed by atoms with Crippen molar-refractivity contribution >= 4 is 40.1 Å². The van der Waals surface area contributed by atoms with Crippen molar-refractivity contribution in [2.75, 3.05) is 12.0 Å². The van der Waals surface area contributed by atoms with Crippen molar-refractivity contribution in [1.29, 1.82) is 0 Å². The first-order chi connectivity index (χ1) is 17.6. The Hall–Kier alpha value is -3.97. The van der Waals surface area contributed by atoms with Crippen LogP contribution in [0.1, 0.15) is 43.1 Å². The fourth-order valence-electron chi connectivity index (χ4n) is 4.06. The minimum absolute atomic E-state index is 0.0648. The monoisotopic (exact) mass is 517 g/mol. The molecule has 4 aromatic rings. The summed E-state index contributed by atoms with van der Waals surface area (Å²) in [5.74, 6) is -0.202. The van der Waals surface area contributed by atoms with Crippen LogP contribution in [0.3, 0.4) is 0 Å². The minimum atomic E-state index is -1.01. The molecule has 0 aliphatic carbocycles. The lowest BCUT2D eigenvalue weighted by Gasteiger charge is -2.27. The molecule has 4 rings (SSSR count). The summed E-state index contributed by atoms with van der Waals surface area (Å²) >= 11 is 6.24. The van der Waals surface area contributed by atoms with Gasteiger partial charge in [-0.1, -0.05) is 56.6 Å².